The number of rotatable bonds is 8. The highest BCUT2D eigenvalue weighted by Gasteiger charge is 2.92. The molecule has 20 heteroatoms. The zero-order valence-electron chi connectivity index (χ0n) is 16.2. The van der Waals surface area contributed by atoms with Gasteiger partial charge in [-0.05, 0) is 0 Å². The Morgan fingerprint density at radius 1 is 1.06 bits per heavy atom. The Morgan fingerprint density at radius 3 is 2.19 bits per heavy atom. The molecule has 0 bridgehead atoms. The van der Waals surface area contributed by atoms with E-state index in [-0.39, 0.29) is 0 Å². The quantitative estimate of drug-likeness (QED) is 0.186. The fourth-order valence-corrected chi connectivity index (χ4v) is 6.92. The van der Waals surface area contributed by atoms with Gasteiger partial charge in [-0.2, -0.15) is 8.62 Å². The number of aliphatic hydroxyl groups is 2. The van der Waals surface area contributed by atoms with Crippen molar-refractivity contribution in [3.63, 3.8) is 0 Å². The molecule has 1 aromatic rings. The van der Waals surface area contributed by atoms with Gasteiger partial charge in [-0.15, -0.1) is 0 Å². The zero-order chi connectivity index (χ0) is 24.5. The zero-order valence-corrected chi connectivity index (χ0v) is 18.8. The largest absolute Gasteiger partial charge is 0.490 e. The van der Waals surface area contributed by atoms with Crippen LogP contribution in [0.4, 0.5) is 0 Å². The number of nitrogens with one attached hydrogen (secondary N) is 1. The van der Waals surface area contributed by atoms with Crippen molar-refractivity contribution < 1.29 is 61.4 Å². The molecule has 2 aliphatic rings. The number of phosphoric ester groups is 1. The number of hydrogen-bond donors (Lipinski definition) is 7. The standard InChI is InChI=1S/C12H19N2O15P3/c1-10(2)11(17)6(5-26-31(22,23)29-32(24,25)28-30(19,20)21)27-8(12(10,11)18)14-4-3-7(15)13-9(14)16/h3-4,6,8,17-18H,5H2,1-2H3,(H,22,23)(H,24,25)(H,13,15,16)(H2,19,20,21)/t6-,8-,11+,12-/m1/s1. The molecule has 182 valence electrons. The molecule has 0 amide bonds. The van der Waals surface area contributed by atoms with E-state index in [9.17, 15) is 43.3 Å². The Bertz CT molecular complexity index is 1190. The van der Waals surface area contributed by atoms with Gasteiger partial charge in [-0.3, -0.25) is 18.9 Å². The third kappa shape index (κ3) is 4.03. The Hall–Kier alpha value is -1.03. The molecular formula is C12H19N2O15P3. The number of fused-ring (bicyclic) bond motifs is 1. The summed E-state index contributed by atoms with van der Waals surface area (Å²) in [7, 11) is -16.9. The Labute approximate surface area is 177 Å². The van der Waals surface area contributed by atoms with Crippen molar-refractivity contribution in [2.45, 2.75) is 37.4 Å². The highest BCUT2D eigenvalue weighted by molar-refractivity contribution is 7.66. The molecule has 1 saturated heterocycles. The summed E-state index contributed by atoms with van der Waals surface area (Å²) in [6, 6.07) is 0.946. The second-order valence-corrected chi connectivity index (χ2v) is 12.0. The molecule has 1 saturated carbocycles. The van der Waals surface area contributed by atoms with Gasteiger partial charge in [0.2, 0.25) is 0 Å². The number of phosphoric acid groups is 3. The van der Waals surface area contributed by atoms with Crippen LogP contribution in [0.3, 0.4) is 0 Å². The monoisotopic (exact) mass is 524 g/mol. The molecule has 3 rings (SSSR count). The molecule has 2 fully saturated rings. The average Bonchev–Trinajstić information content (AvgIpc) is 2.80. The van der Waals surface area contributed by atoms with Crippen molar-refractivity contribution in [2.75, 3.05) is 6.61 Å². The highest BCUT2D eigenvalue weighted by atomic mass is 31.3. The first-order valence-corrected chi connectivity index (χ1v) is 13.0. The second kappa shape index (κ2) is 7.48. The second-order valence-electron chi connectivity index (χ2n) is 7.54. The predicted molar refractivity (Wildman–Crippen MR) is 98.7 cm³/mol. The first kappa shape index (κ1) is 25.6. The maximum absolute atomic E-state index is 12.1. The van der Waals surface area contributed by atoms with Crippen molar-refractivity contribution in [1.82, 2.24) is 9.55 Å². The predicted octanol–water partition coefficient (Wildman–Crippen LogP) is -1.72. The minimum atomic E-state index is -5.76. The van der Waals surface area contributed by atoms with Gasteiger partial charge in [0.15, 0.2) is 6.23 Å². The molecule has 0 aromatic carbocycles. The van der Waals surface area contributed by atoms with E-state index in [1.165, 1.54) is 13.8 Å². The topological polar surface area (TPSA) is 264 Å². The molecule has 32 heavy (non-hydrogen) atoms. The van der Waals surface area contributed by atoms with Gasteiger partial charge < -0.3 is 34.5 Å². The lowest BCUT2D eigenvalue weighted by Crippen LogP contribution is -2.40. The van der Waals surface area contributed by atoms with E-state index in [0.29, 0.717) is 0 Å². The smallest absolute Gasteiger partial charge is 0.383 e. The van der Waals surface area contributed by atoms with Gasteiger partial charge in [-0.25, -0.2) is 18.5 Å². The minimum Gasteiger partial charge on any atom is -0.383 e. The SMILES string of the molecule is CC1(C)[C@]2(O)[C@H](n3ccc(=O)[nH]c3=O)O[C@H](COP(=O)(O)OP(=O)(O)OP(=O)(O)O)[C@]12O. The molecule has 6 atom stereocenters. The van der Waals surface area contributed by atoms with Gasteiger partial charge in [0.1, 0.15) is 17.3 Å². The van der Waals surface area contributed by atoms with E-state index < -0.39 is 70.3 Å². The summed E-state index contributed by atoms with van der Waals surface area (Å²) in [5.74, 6) is 0. The summed E-state index contributed by atoms with van der Waals surface area (Å²) in [6.07, 6.45) is -2.21. The van der Waals surface area contributed by atoms with Gasteiger partial charge >= 0.3 is 29.2 Å². The van der Waals surface area contributed by atoms with Crippen LogP contribution in [0.15, 0.2) is 21.9 Å². The van der Waals surface area contributed by atoms with E-state index >= 15 is 0 Å². The summed E-state index contributed by atoms with van der Waals surface area (Å²) in [5, 5.41) is 22.0. The third-order valence-electron chi connectivity index (χ3n) is 5.45. The van der Waals surface area contributed by atoms with Crippen molar-refractivity contribution in [2.24, 2.45) is 5.41 Å². The number of H-pyrrole nitrogens is 1. The van der Waals surface area contributed by atoms with E-state index in [2.05, 4.69) is 13.1 Å². The first-order valence-electron chi connectivity index (χ1n) is 8.47. The molecule has 0 radical (unpaired) electrons. The van der Waals surface area contributed by atoms with Crippen LogP contribution in [-0.4, -0.2) is 63.3 Å². The number of aromatic amines is 1. The van der Waals surface area contributed by atoms with Crippen LogP contribution in [0.1, 0.15) is 20.1 Å². The number of hydrogen-bond acceptors (Lipinski definition) is 11. The van der Waals surface area contributed by atoms with E-state index in [1.54, 1.807) is 0 Å². The summed E-state index contributed by atoms with van der Waals surface area (Å²) in [6.45, 7) is 1.72. The minimum absolute atomic E-state index is 0.745. The molecule has 1 aliphatic carbocycles. The lowest BCUT2D eigenvalue weighted by molar-refractivity contribution is -0.125. The molecule has 1 aromatic heterocycles. The molecule has 2 unspecified atom stereocenters. The molecule has 0 spiro atoms. The molecule has 17 nitrogen and oxygen atoms in total. The molecule has 7 N–H and O–H groups in total. The van der Waals surface area contributed by atoms with E-state index in [1.807, 2.05) is 4.98 Å². The lowest BCUT2D eigenvalue weighted by atomic mass is 10.0. The number of nitrogens with zero attached hydrogens (tertiary/aromatic N) is 1. The van der Waals surface area contributed by atoms with Crippen LogP contribution in [-0.2, 0) is 31.6 Å². The van der Waals surface area contributed by atoms with Crippen molar-refractivity contribution in [3.05, 3.63) is 33.1 Å². The summed E-state index contributed by atoms with van der Waals surface area (Å²) >= 11 is 0. The third-order valence-corrected chi connectivity index (χ3v) is 9.25. The van der Waals surface area contributed by atoms with Crippen LogP contribution in [0.25, 0.3) is 0 Å². The lowest BCUT2D eigenvalue weighted by Gasteiger charge is -2.28. The molecule has 2 heterocycles. The number of ether oxygens (including phenoxy) is 1. The fraction of sp³-hybridized carbons (Fsp3) is 0.667. The average molecular weight is 524 g/mol. The van der Waals surface area contributed by atoms with Crippen LogP contribution in [0.5, 0.6) is 0 Å². The van der Waals surface area contributed by atoms with E-state index in [4.69, 9.17) is 14.5 Å². The van der Waals surface area contributed by atoms with Crippen molar-refractivity contribution in [3.8, 4) is 0 Å². The maximum atomic E-state index is 12.1. The maximum Gasteiger partial charge on any atom is 0.490 e. The number of aromatic nitrogens is 2. The summed E-state index contributed by atoms with van der Waals surface area (Å²) in [5.41, 5.74) is -7.40. The van der Waals surface area contributed by atoms with Crippen LogP contribution in [0, 0.1) is 5.41 Å². The molecule has 1 aliphatic heterocycles. The Balaban J connectivity index is 1.81. The first-order chi connectivity index (χ1) is 14.3. The Morgan fingerprint density at radius 2 is 1.66 bits per heavy atom. The van der Waals surface area contributed by atoms with Crippen LogP contribution < -0.4 is 11.2 Å². The van der Waals surface area contributed by atoms with Crippen molar-refractivity contribution >= 4 is 23.5 Å². The van der Waals surface area contributed by atoms with Gasteiger partial charge in [0.25, 0.3) is 5.56 Å². The highest BCUT2D eigenvalue weighted by Crippen LogP contribution is 2.75. The fourth-order valence-electron chi connectivity index (χ4n) is 3.90. The van der Waals surface area contributed by atoms with Crippen LogP contribution >= 0.6 is 23.5 Å². The van der Waals surface area contributed by atoms with Crippen LogP contribution in [0.2, 0.25) is 0 Å². The van der Waals surface area contributed by atoms with E-state index in [0.717, 1.165) is 16.8 Å². The summed E-state index contributed by atoms with van der Waals surface area (Å²) in [4.78, 5) is 61.1. The molecular weight excluding hydrogens is 505 g/mol. The van der Waals surface area contributed by atoms with Gasteiger partial charge in [-0.1, -0.05) is 13.8 Å². The Kier molecular flexibility index (Phi) is 5.99. The summed E-state index contributed by atoms with van der Waals surface area (Å²) < 4.78 is 51.8. The van der Waals surface area contributed by atoms with Gasteiger partial charge in [0.05, 0.1) is 6.61 Å². The van der Waals surface area contributed by atoms with Gasteiger partial charge in [0, 0.05) is 17.7 Å². The normalized spacial score (nSPS) is 35.0. The van der Waals surface area contributed by atoms with Crippen molar-refractivity contribution in [1.29, 1.82) is 0 Å².